The lowest BCUT2D eigenvalue weighted by Gasteiger charge is -2.13. The average molecular weight is 480 g/mol. The fourth-order valence-corrected chi connectivity index (χ4v) is 3.17. The summed E-state index contributed by atoms with van der Waals surface area (Å²) in [5, 5.41) is 26.9. The lowest BCUT2D eigenvalue weighted by atomic mass is 10.0. The highest BCUT2D eigenvalue weighted by Crippen LogP contribution is 2.30. The first-order valence-electron chi connectivity index (χ1n) is 10.5. The Morgan fingerprint density at radius 3 is 1.60 bits per heavy atom. The van der Waals surface area contributed by atoms with Crippen molar-refractivity contribution in [3.05, 3.63) is 54.9 Å². The molecule has 0 aliphatic rings. The minimum atomic E-state index is -1.28. The SMILES string of the molecule is C[C@H](NC(=O)O)C(=O)Nc1ccc(-c2nc[nH]c2-c2ccc(NC(=O)[C@H](C)NC(=O)O)cc2)cc1. The number of carbonyl (C=O) groups excluding carboxylic acids is 2. The predicted octanol–water partition coefficient (Wildman–Crippen LogP) is 2.93. The molecule has 0 aliphatic heterocycles. The second-order valence-electron chi connectivity index (χ2n) is 7.60. The number of imidazole rings is 1. The van der Waals surface area contributed by atoms with Crippen molar-refractivity contribution >= 4 is 35.4 Å². The van der Waals surface area contributed by atoms with Crippen molar-refractivity contribution in [3.63, 3.8) is 0 Å². The summed E-state index contributed by atoms with van der Waals surface area (Å²) in [5.41, 5.74) is 3.99. The third-order valence-electron chi connectivity index (χ3n) is 4.97. The molecule has 7 N–H and O–H groups in total. The van der Waals surface area contributed by atoms with E-state index in [1.165, 1.54) is 13.8 Å². The van der Waals surface area contributed by atoms with Crippen LogP contribution in [0.1, 0.15) is 13.8 Å². The van der Waals surface area contributed by atoms with Crippen molar-refractivity contribution in [3.8, 4) is 22.5 Å². The van der Waals surface area contributed by atoms with Crippen LogP contribution in [-0.2, 0) is 9.59 Å². The highest BCUT2D eigenvalue weighted by molar-refractivity contribution is 5.97. The molecule has 0 bridgehead atoms. The van der Waals surface area contributed by atoms with Gasteiger partial charge in [-0.3, -0.25) is 9.59 Å². The van der Waals surface area contributed by atoms with E-state index in [0.29, 0.717) is 17.1 Å². The topological polar surface area (TPSA) is 186 Å². The summed E-state index contributed by atoms with van der Waals surface area (Å²) in [6.07, 6.45) is -1.02. The lowest BCUT2D eigenvalue weighted by Crippen LogP contribution is -2.40. The first-order valence-corrected chi connectivity index (χ1v) is 10.5. The number of rotatable bonds is 8. The lowest BCUT2D eigenvalue weighted by molar-refractivity contribution is -0.118. The van der Waals surface area contributed by atoms with Crippen molar-refractivity contribution in [2.75, 3.05) is 10.6 Å². The number of aromatic amines is 1. The number of nitrogens with zero attached hydrogens (tertiary/aromatic N) is 1. The third-order valence-corrected chi connectivity index (χ3v) is 4.97. The number of aromatic nitrogens is 2. The normalized spacial score (nSPS) is 12.2. The Bertz CT molecular complexity index is 1130. The average Bonchev–Trinajstić information content (AvgIpc) is 3.29. The Labute approximate surface area is 199 Å². The Morgan fingerprint density at radius 2 is 1.17 bits per heavy atom. The number of amides is 4. The summed E-state index contributed by atoms with van der Waals surface area (Å²) in [5.74, 6) is -0.969. The monoisotopic (exact) mass is 480 g/mol. The molecule has 1 aromatic heterocycles. The van der Waals surface area contributed by atoms with Crippen LogP contribution in [-0.4, -0.2) is 56.3 Å². The minimum absolute atomic E-state index is 0.484. The minimum Gasteiger partial charge on any atom is -0.465 e. The van der Waals surface area contributed by atoms with Crippen LogP contribution in [0.2, 0.25) is 0 Å². The van der Waals surface area contributed by atoms with Crippen LogP contribution in [0.5, 0.6) is 0 Å². The third kappa shape index (κ3) is 6.57. The maximum Gasteiger partial charge on any atom is 0.405 e. The van der Waals surface area contributed by atoms with E-state index < -0.39 is 36.1 Å². The van der Waals surface area contributed by atoms with Crippen LogP contribution in [0.15, 0.2) is 54.9 Å². The Hall–Kier alpha value is -4.87. The van der Waals surface area contributed by atoms with Crippen LogP contribution in [0.25, 0.3) is 22.5 Å². The van der Waals surface area contributed by atoms with Gasteiger partial charge in [-0.2, -0.15) is 0 Å². The largest absolute Gasteiger partial charge is 0.465 e. The van der Waals surface area contributed by atoms with Gasteiger partial charge in [-0.05, 0) is 38.1 Å². The van der Waals surface area contributed by atoms with Gasteiger partial charge in [0.15, 0.2) is 0 Å². The van der Waals surface area contributed by atoms with Crippen molar-refractivity contribution in [1.82, 2.24) is 20.6 Å². The first-order chi connectivity index (χ1) is 16.6. The van der Waals surface area contributed by atoms with E-state index in [-0.39, 0.29) is 0 Å². The van der Waals surface area contributed by atoms with Gasteiger partial charge in [0.2, 0.25) is 11.8 Å². The van der Waals surface area contributed by atoms with E-state index in [9.17, 15) is 19.2 Å². The number of carbonyl (C=O) groups is 4. The molecule has 0 saturated heterocycles. The number of hydrogen-bond acceptors (Lipinski definition) is 5. The molecule has 0 radical (unpaired) electrons. The zero-order valence-corrected chi connectivity index (χ0v) is 18.8. The van der Waals surface area contributed by atoms with Gasteiger partial charge in [0.1, 0.15) is 12.1 Å². The van der Waals surface area contributed by atoms with Crippen LogP contribution in [0.3, 0.4) is 0 Å². The van der Waals surface area contributed by atoms with Gasteiger partial charge in [0, 0.05) is 22.5 Å². The summed E-state index contributed by atoms with van der Waals surface area (Å²) in [4.78, 5) is 53.0. The molecule has 0 unspecified atom stereocenters. The number of H-pyrrole nitrogens is 1. The first kappa shape index (κ1) is 24.8. The molecular formula is C23H24N6O6. The van der Waals surface area contributed by atoms with Gasteiger partial charge < -0.3 is 36.5 Å². The second-order valence-corrected chi connectivity index (χ2v) is 7.60. The van der Waals surface area contributed by atoms with Gasteiger partial charge >= 0.3 is 12.2 Å². The van der Waals surface area contributed by atoms with E-state index in [1.807, 2.05) is 0 Å². The molecule has 0 aliphatic carbocycles. The molecule has 2 aromatic carbocycles. The smallest absolute Gasteiger partial charge is 0.405 e. The van der Waals surface area contributed by atoms with Gasteiger partial charge in [-0.25, -0.2) is 14.6 Å². The molecule has 3 rings (SSSR count). The van der Waals surface area contributed by atoms with Gasteiger partial charge in [0.05, 0.1) is 17.7 Å². The number of carboxylic acid groups (broad SMARTS) is 2. The number of benzene rings is 2. The molecular weight excluding hydrogens is 456 g/mol. The highest BCUT2D eigenvalue weighted by Gasteiger charge is 2.17. The summed E-state index contributed by atoms with van der Waals surface area (Å²) in [6, 6.07) is 12.1. The zero-order valence-electron chi connectivity index (χ0n) is 18.8. The molecule has 12 heteroatoms. The molecule has 3 aromatic rings. The predicted molar refractivity (Wildman–Crippen MR) is 128 cm³/mol. The summed E-state index contributed by atoms with van der Waals surface area (Å²) >= 11 is 0. The molecule has 1 heterocycles. The van der Waals surface area contributed by atoms with Gasteiger partial charge in [-0.15, -0.1) is 0 Å². The molecule has 0 saturated carbocycles. The summed E-state index contributed by atoms with van der Waals surface area (Å²) in [6.45, 7) is 2.89. The Balaban J connectivity index is 1.69. The van der Waals surface area contributed by atoms with Gasteiger partial charge in [-0.1, -0.05) is 24.3 Å². The molecule has 4 amide bonds. The Morgan fingerprint density at radius 1 is 0.743 bits per heavy atom. The van der Waals surface area contributed by atoms with E-state index in [1.54, 1.807) is 54.9 Å². The molecule has 35 heavy (non-hydrogen) atoms. The Kier molecular flexibility index (Phi) is 7.66. The van der Waals surface area contributed by atoms with Crippen molar-refractivity contribution in [2.24, 2.45) is 0 Å². The number of anilines is 2. The molecule has 0 fully saturated rings. The standard InChI is InChI=1S/C23H24N6O6/c1-12(26-22(32)33)20(30)28-16-7-3-14(4-8-16)18-19(25-11-24-18)15-5-9-17(10-6-15)29-21(31)13(2)27-23(34)35/h3-13,26-27H,1-2H3,(H,24,25)(H,28,30)(H,29,31)(H,32,33)(H,34,35)/t12-,13-/m0/s1. The fourth-order valence-electron chi connectivity index (χ4n) is 3.17. The highest BCUT2D eigenvalue weighted by atomic mass is 16.4. The van der Waals surface area contributed by atoms with Crippen molar-refractivity contribution < 1.29 is 29.4 Å². The molecule has 12 nitrogen and oxygen atoms in total. The number of nitrogens with one attached hydrogen (secondary N) is 5. The fraction of sp³-hybridized carbons (Fsp3) is 0.174. The molecule has 2 atom stereocenters. The summed E-state index contributed by atoms with van der Waals surface area (Å²) in [7, 11) is 0. The van der Waals surface area contributed by atoms with E-state index in [0.717, 1.165) is 16.8 Å². The van der Waals surface area contributed by atoms with Crippen LogP contribution in [0.4, 0.5) is 21.0 Å². The number of hydrogen-bond donors (Lipinski definition) is 7. The van der Waals surface area contributed by atoms with Crippen LogP contribution >= 0.6 is 0 Å². The van der Waals surface area contributed by atoms with E-state index in [4.69, 9.17) is 10.2 Å². The van der Waals surface area contributed by atoms with E-state index in [2.05, 4.69) is 31.2 Å². The van der Waals surface area contributed by atoms with Crippen molar-refractivity contribution in [2.45, 2.75) is 25.9 Å². The van der Waals surface area contributed by atoms with Crippen molar-refractivity contribution in [1.29, 1.82) is 0 Å². The quantitative estimate of drug-likeness (QED) is 0.258. The molecule has 0 spiro atoms. The molecule has 182 valence electrons. The van der Waals surface area contributed by atoms with Gasteiger partial charge in [0.25, 0.3) is 0 Å². The maximum atomic E-state index is 12.1. The maximum absolute atomic E-state index is 12.1. The van der Waals surface area contributed by atoms with Crippen LogP contribution in [0, 0.1) is 0 Å². The second kappa shape index (κ2) is 10.8. The summed E-state index contributed by atoms with van der Waals surface area (Å²) < 4.78 is 0. The van der Waals surface area contributed by atoms with Crippen LogP contribution < -0.4 is 21.3 Å². The van der Waals surface area contributed by atoms with E-state index >= 15 is 0 Å². The zero-order chi connectivity index (χ0) is 25.5.